The van der Waals surface area contributed by atoms with E-state index in [2.05, 4.69) is 20.8 Å². The molecule has 1 unspecified atom stereocenters. The fourth-order valence-corrected chi connectivity index (χ4v) is 3.19. The summed E-state index contributed by atoms with van der Waals surface area (Å²) in [5.41, 5.74) is 4.57. The lowest BCUT2D eigenvalue weighted by Gasteiger charge is -2.37. The molecule has 29 heavy (non-hydrogen) atoms. The first-order valence-corrected chi connectivity index (χ1v) is 12.7. The van der Waals surface area contributed by atoms with Gasteiger partial charge >= 0.3 is 0 Å². The third-order valence-electron chi connectivity index (χ3n) is 5.78. The van der Waals surface area contributed by atoms with Gasteiger partial charge in [0.25, 0.3) is 0 Å². The van der Waals surface area contributed by atoms with Gasteiger partial charge in [0.1, 0.15) is 5.72 Å². The van der Waals surface area contributed by atoms with Crippen molar-refractivity contribution >= 4 is 0 Å². The van der Waals surface area contributed by atoms with Crippen LogP contribution in [0.3, 0.4) is 0 Å². The zero-order chi connectivity index (χ0) is 22.8. The van der Waals surface area contributed by atoms with E-state index in [0.29, 0.717) is 0 Å². The standard InChI is InChI=1S/C22H47NO.ClHO4/c1-5-6-7-8-9-10-11-12-13-14-15-16-17-18-19-20-21(2,3)22(4,23)24;2-1(3,4)5/h24H,5-20,23H2,1-4H3;(H,2,3,4,5). The summed E-state index contributed by atoms with van der Waals surface area (Å²) < 4.78 is 32.7. The van der Waals surface area contributed by atoms with E-state index in [0.717, 1.165) is 6.42 Å². The van der Waals surface area contributed by atoms with Crippen LogP contribution >= 0.6 is 0 Å². The number of unbranched alkanes of at least 4 members (excludes halogenated alkanes) is 14. The van der Waals surface area contributed by atoms with Crippen molar-refractivity contribution in [2.24, 2.45) is 11.1 Å². The number of hydrogen-bond donors (Lipinski definition) is 3. The van der Waals surface area contributed by atoms with Gasteiger partial charge in [-0.3, -0.25) is 0 Å². The molecular weight excluding hydrogens is 394 g/mol. The molecule has 178 valence electrons. The minimum Gasteiger partial charge on any atom is -0.376 e. The maximum absolute atomic E-state index is 9.94. The van der Waals surface area contributed by atoms with Crippen LogP contribution in [0.4, 0.5) is 0 Å². The maximum Gasteiger partial charge on any atom is 0.115 e. The number of halogens is 1. The molecular formula is C22H48ClNO5. The normalized spacial score (nSPS) is 14.3. The summed E-state index contributed by atoms with van der Waals surface area (Å²) in [4.78, 5) is 0. The molecule has 0 spiro atoms. The lowest BCUT2D eigenvalue weighted by Crippen LogP contribution is -2.58. The highest BCUT2D eigenvalue weighted by Crippen LogP contribution is 2.32. The highest BCUT2D eigenvalue weighted by Gasteiger charge is 2.34. The minimum absolute atomic E-state index is 0.191. The number of nitrogens with two attached hydrogens (primary N) is 1. The average Bonchev–Trinajstić information content (AvgIpc) is 2.55. The average molecular weight is 442 g/mol. The molecule has 0 saturated carbocycles. The second-order valence-corrected chi connectivity index (χ2v) is 9.92. The Morgan fingerprint density at radius 2 is 0.897 bits per heavy atom. The Labute approximate surface area is 181 Å². The van der Waals surface area contributed by atoms with Crippen LogP contribution in [0.2, 0.25) is 0 Å². The summed E-state index contributed by atoms with van der Waals surface area (Å²) in [6.45, 7) is 8.14. The van der Waals surface area contributed by atoms with Crippen LogP contribution in [0.5, 0.6) is 0 Å². The summed E-state index contributed by atoms with van der Waals surface area (Å²) in [5, 5.41) is 9.94. The SMILES string of the molecule is CCCCCCCCCCCCCCCCCC(C)(C)C(C)(N)O.[O-][Cl+3]([O-])([O-])O. The van der Waals surface area contributed by atoms with Gasteiger partial charge in [0.2, 0.25) is 0 Å². The topological polar surface area (TPSA) is 136 Å². The maximum atomic E-state index is 9.94. The Kier molecular flexibility index (Phi) is 19.1. The van der Waals surface area contributed by atoms with E-state index in [9.17, 15) is 5.11 Å². The monoisotopic (exact) mass is 441 g/mol. The molecule has 0 bridgehead atoms. The number of aliphatic hydroxyl groups is 1. The van der Waals surface area contributed by atoms with Crippen LogP contribution < -0.4 is 19.7 Å². The van der Waals surface area contributed by atoms with Crippen LogP contribution in [0, 0.1) is 15.7 Å². The summed E-state index contributed by atoms with van der Waals surface area (Å²) in [6.07, 6.45) is 21.9. The highest BCUT2D eigenvalue weighted by atomic mass is 35.7. The molecule has 0 radical (unpaired) electrons. The Hall–Kier alpha value is 0.0500. The molecule has 0 aromatic heterocycles. The van der Waals surface area contributed by atoms with Crippen molar-refractivity contribution in [3.05, 3.63) is 0 Å². The summed E-state index contributed by atoms with van der Waals surface area (Å²) >= 11 is 0. The van der Waals surface area contributed by atoms with Gasteiger partial charge in [-0.15, -0.1) is 0 Å². The molecule has 0 aliphatic carbocycles. The van der Waals surface area contributed by atoms with Crippen molar-refractivity contribution in [1.82, 2.24) is 0 Å². The number of rotatable bonds is 17. The second-order valence-electron chi connectivity index (χ2n) is 9.13. The minimum atomic E-state index is -4.69. The van der Waals surface area contributed by atoms with Gasteiger partial charge in [0, 0.05) is 5.41 Å². The quantitative estimate of drug-likeness (QED) is 0.234. The molecule has 0 fully saturated rings. The van der Waals surface area contributed by atoms with Crippen molar-refractivity contribution in [3.63, 3.8) is 0 Å². The Morgan fingerprint density at radius 1 is 0.655 bits per heavy atom. The van der Waals surface area contributed by atoms with E-state index < -0.39 is 16.0 Å². The van der Waals surface area contributed by atoms with Crippen LogP contribution in [-0.4, -0.2) is 15.5 Å². The van der Waals surface area contributed by atoms with Gasteiger partial charge in [-0.1, -0.05) is 117 Å². The van der Waals surface area contributed by atoms with Crippen LogP contribution in [0.15, 0.2) is 0 Å². The smallest absolute Gasteiger partial charge is 0.115 e. The molecule has 4 N–H and O–H groups in total. The van der Waals surface area contributed by atoms with Gasteiger partial charge in [0.15, 0.2) is 0 Å². The van der Waals surface area contributed by atoms with Gasteiger partial charge in [-0.25, -0.2) is 0 Å². The molecule has 0 aromatic carbocycles. The molecule has 7 heteroatoms. The Bertz CT molecular complexity index is 348. The zero-order valence-corrected chi connectivity index (χ0v) is 20.1. The molecule has 0 aromatic rings. The molecule has 0 aliphatic rings. The molecule has 0 rings (SSSR count). The predicted octanol–water partition coefficient (Wildman–Crippen LogP) is 2.82. The third kappa shape index (κ3) is 26.0. The van der Waals surface area contributed by atoms with E-state index in [1.807, 2.05) is 0 Å². The molecule has 0 saturated heterocycles. The predicted molar refractivity (Wildman–Crippen MR) is 110 cm³/mol. The van der Waals surface area contributed by atoms with E-state index in [1.165, 1.54) is 96.3 Å². The Balaban J connectivity index is 0. The molecule has 6 nitrogen and oxygen atoms in total. The fraction of sp³-hybridized carbons (Fsp3) is 1.00. The van der Waals surface area contributed by atoms with Gasteiger partial charge in [0.05, 0.1) is 14.9 Å². The highest BCUT2D eigenvalue weighted by molar-refractivity contribution is 4.84. The van der Waals surface area contributed by atoms with Gasteiger partial charge in [-0.05, 0) is 13.3 Å². The van der Waals surface area contributed by atoms with Crippen molar-refractivity contribution < 1.29 is 34.0 Å². The first-order chi connectivity index (χ1) is 13.3. The second kappa shape index (κ2) is 17.7. The van der Waals surface area contributed by atoms with Crippen molar-refractivity contribution in [2.45, 2.75) is 136 Å². The largest absolute Gasteiger partial charge is 0.376 e. The van der Waals surface area contributed by atoms with Gasteiger partial charge in [-0.2, -0.15) is 14.0 Å². The van der Waals surface area contributed by atoms with Crippen molar-refractivity contribution in [2.75, 3.05) is 0 Å². The van der Waals surface area contributed by atoms with Gasteiger partial charge < -0.3 is 10.8 Å². The van der Waals surface area contributed by atoms with Crippen LogP contribution in [0.25, 0.3) is 0 Å². The number of hydrogen-bond acceptors (Lipinski definition) is 6. The Morgan fingerprint density at radius 3 is 1.14 bits per heavy atom. The lowest BCUT2D eigenvalue weighted by atomic mass is 9.78. The molecule has 0 aliphatic heterocycles. The van der Waals surface area contributed by atoms with Crippen molar-refractivity contribution in [1.29, 1.82) is 0 Å². The first kappa shape index (κ1) is 31.2. The van der Waals surface area contributed by atoms with E-state index in [1.54, 1.807) is 6.92 Å². The van der Waals surface area contributed by atoms with E-state index in [4.69, 9.17) is 24.4 Å². The van der Waals surface area contributed by atoms with Crippen LogP contribution in [0.1, 0.15) is 130 Å². The summed E-state index contributed by atoms with van der Waals surface area (Å²) in [5.74, 6) is 0. The molecule has 0 heterocycles. The molecule has 1 atom stereocenters. The van der Waals surface area contributed by atoms with Crippen molar-refractivity contribution in [3.8, 4) is 0 Å². The van der Waals surface area contributed by atoms with E-state index >= 15 is 0 Å². The first-order valence-electron chi connectivity index (χ1n) is 11.5. The third-order valence-corrected chi connectivity index (χ3v) is 5.78. The zero-order valence-electron chi connectivity index (χ0n) is 19.4. The van der Waals surface area contributed by atoms with Crippen LogP contribution in [-0.2, 0) is 0 Å². The summed E-state index contributed by atoms with van der Waals surface area (Å²) in [6, 6.07) is 0. The summed E-state index contributed by atoms with van der Waals surface area (Å²) in [7, 11) is -4.69. The van der Waals surface area contributed by atoms with E-state index in [-0.39, 0.29) is 5.41 Å². The molecule has 0 amide bonds. The fourth-order valence-electron chi connectivity index (χ4n) is 3.19. The lowest BCUT2D eigenvalue weighted by molar-refractivity contribution is -1.92.